The van der Waals surface area contributed by atoms with E-state index in [0.29, 0.717) is 12.2 Å². The molecule has 0 aliphatic rings. The van der Waals surface area contributed by atoms with Gasteiger partial charge in [0.15, 0.2) is 0 Å². The van der Waals surface area contributed by atoms with Crippen molar-refractivity contribution < 1.29 is 14.7 Å². The van der Waals surface area contributed by atoms with Gasteiger partial charge in [-0.2, -0.15) is 0 Å². The molecule has 1 atom stereocenters. The van der Waals surface area contributed by atoms with Gasteiger partial charge in [-0.05, 0) is 35.9 Å². The fourth-order valence-electron chi connectivity index (χ4n) is 2.74. The number of unbranched alkanes of at least 4 members (excludes halogenated alkanes) is 3. The molecule has 3 N–H and O–H groups in total. The van der Waals surface area contributed by atoms with Crippen molar-refractivity contribution in [2.75, 3.05) is 11.9 Å². The molecule has 0 saturated heterocycles. The lowest BCUT2D eigenvalue weighted by atomic mass is 10.1. The summed E-state index contributed by atoms with van der Waals surface area (Å²) < 4.78 is 0. The summed E-state index contributed by atoms with van der Waals surface area (Å²) in [7, 11) is 0. The van der Waals surface area contributed by atoms with Crippen LogP contribution in [-0.4, -0.2) is 29.6 Å². The third-order valence-corrected chi connectivity index (χ3v) is 4.14. The molecule has 1 unspecified atom stereocenters. The lowest BCUT2D eigenvalue weighted by Crippen LogP contribution is -2.40. The number of aliphatic carboxylic acids is 1. The quantitative estimate of drug-likeness (QED) is 0.574. The molecule has 2 aromatic carbocycles. The average molecular weight is 342 g/mol. The standard InChI is InChI=1S/C20H26N2O3/c1-2-3-4-7-12-21-18(20(24)25)14-19(23)22-17-11-10-15-8-5-6-9-16(15)13-17/h5-6,8-11,13,18,21H,2-4,7,12,14H2,1H3,(H,22,23)(H,24,25). The summed E-state index contributed by atoms with van der Waals surface area (Å²) in [5.41, 5.74) is 0.677. The van der Waals surface area contributed by atoms with Gasteiger partial charge in [0, 0.05) is 5.69 Å². The van der Waals surface area contributed by atoms with Crippen LogP contribution in [0.2, 0.25) is 0 Å². The molecule has 25 heavy (non-hydrogen) atoms. The molecular formula is C20H26N2O3. The molecule has 0 aromatic heterocycles. The maximum atomic E-state index is 12.2. The van der Waals surface area contributed by atoms with Crippen molar-refractivity contribution in [1.29, 1.82) is 0 Å². The summed E-state index contributed by atoms with van der Waals surface area (Å²) in [4.78, 5) is 23.5. The molecule has 0 heterocycles. The second-order valence-electron chi connectivity index (χ2n) is 6.22. The van der Waals surface area contributed by atoms with Gasteiger partial charge in [-0.1, -0.05) is 56.5 Å². The summed E-state index contributed by atoms with van der Waals surface area (Å²) in [6.45, 7) is 2.74. The molecule has 1 amide bonds. The lowest BCUT2D eigenvalue weighted by Gasteiger charge is -2.14. The minimum atomic E-state index is -0.996. The third kappa shape index (κ3) is 6.19. The molecule has 0 radical (unpaired) electrons. The predicted octanol–water partition coefficient (Wildman–Crippen LogP) is 3.79. The van der Waals surface area contributed by atoms with Gasteiger partial charge >= 0.3 is 5.97 Å². The number of fused-ring (bicyclic) bond motifs is 1. The number of nitrogens with one attached hydrogen (secondary N) is 2. The first-order valence-corrected chi connectivity index (χ1v) is 8.85. The van der Waals surface area contributed by atoms with Crippen molar-refractivity contribution in [2.24, 2.45) is 0 Å². The van der Waals surface area contributed by atoms with E-state index in [9.17, 15) is 14.7 Å². The number of rotatable bonds is 10. The Bertz CT molecular complexity index is 715. The number of carboxylic acids is 1. The Labute approximate surface area is 148 Å². The van der Waals surface area contributed by atoms with Crippen molar-refractivity contribution >= 4 is 28.3 Å². The first kappa shape index (κ1) is 18.9. The number of anilines is 1. The van der Waals surface area contributed by atoms with Crippen molar-refractivity contribution in [3.05, 3.63) is 42.5 Å². The molecule has 0 saturated carbocycles. The smallest absolute Gasteiger partial charge is 0.321 e. The van der Waals surface area contributed by atoms with Crippen LogP contribution >= 0.6 is 0 Å². The molecular weight excluding hydrogens is 316 g/mol. The Hall–Kier alpha value is -2.40. The van der Waals surface area contributed by atoms with Crippen LogP contribution in [0.25, 0.3) is 10.8 Å². The number of benzene rings is 2. The van der Waals surface area contributed by atoms with Crippen molar-refractivity contribution in [2.45, 2.75) is 45.1 Å². The van der Waals surface area contributed by atoms with Crippen LogP contribution in [0.15, 0.2) is 42.5 Å². The van der Waals surface area contributed by atoms with Crippen molar-refractivity contribution in [3.8, 4) is 0 Å². The van der Waals surface area contributed by atoms with Crippen LogP contribution in [-0.2, 0) is 9.59 Å². The van der Waals surface area contributed by atoms with E-state index in [1.165, 1.54) is 0 Å². The molecule has 0 bridgehead atoms. The maximum absolute atomic E-state index is 12.2. The molecule has 5 nitrogen and oxygen atoms in total. The third-order valence-electron chi connectivity index (χ3n) is 4.14. The van der Waals surface area contributed by atoms with Gasteiger partial charge in [-0.3, -0.25) is 9.59 Å². The van der Waals surface area contributed by atoms with E-state index in [-0.39, 0.29) is 12.3 Å². The molecule has 134 valence electrons. The van der Waals surface area contributed by atoms with E-state index in [2.05, 4.69) is 17.6 Å². The van der Waals surface area contributed by atoms with E-state index >= 15 is 0 Å². The summed E-state index contributed by atoms with van der Waals surface area (Å²) in [5.74, 6) is -1.30. The number of carbonyl (C=O) groups is 2. The van der Waals surface area contributed by atoms with Crippen LogP contribution in [0, 0.1) is 0 Å². The van der Waals surface area contributed by atoms with Crippen molar-refractivity contribution in [3.63, 3.8) is 0 Å². The van der Waals surface area contributed by atoms with E-state index in [0.717, 1.165) is 36.5 Å². The Morgan fingerprint density at radius 1 is 1.04 bits per heavy atom. The van der Waals surface area contributed by atoms with Gasteiger partial charge in [0.1, 0.15) is 6.04 Å². The highest BCUT2D eigenvalue weighted by atomic mass is 16.4. The van der Waals surface area contributed by atoms with Crippen LogP contribution in [0.4, 0.5) is 5.69 Å². The highest BCUT2D eigenvalue weighted by Crippen LogP contribution is 2.19. The van der Waals surface area contributed by atoms with Gasteiger partial charge in [0.05, 0.1) is 6.42 Å². The van der Waals surface area contributed by atoms with Gasteiger partial charge in [0.2, 0.25) is 5.91 Å². The second-order valence-corrected chi connectivity index (χ2v) is 6.22. The van der Waals surface area contributed by atoms with Crippen molar-refractivity contribution in [1.82, 2.24) is 5.32 Å². The number of hydrogen-bond donors (Lipinski definition) is 3. The Morgan fingerprint density at radius 3 is 2.52 bits per heavy atom. The van der Waals surface area contributed by atoms with Gasteiger partial charge < -0.3 is 15.7 Å². The highest BCUT2D eigenvalue weighted by Gasteiger charge is 2.20. The monoisotopic (exact) mass is 342 g/mol. The van der Waals surface area contributed by atoms with E-state index in [1.807, 2.05) is 42.5 Å². The zero-order chi connectivity index (χ0) is 18.1. The SMILES string of the molecule is CCCCCCNC(CC(=O)Nc1ccc2ccccc2c1)C(=O)O. The zero-order valence-corrected chi connectivity index (χ0v) is 14.6. The normalized spacial score (nSPS) is 12.0. The molecule has 0 aliphatic heterocycles. The lowest BCUT2D eigenvalue weighted by molar-refractivity contribution is -0.141. The van der Waals surface area contributed by atoms with Crippen LogP contribution in [0.5, 0.6) is 0 Å². The number of hydrogen-bond acceptors (Lipinski definition) is 3. The highest BCUT2D eigenvalue weighted by molar-refractivity contribution is 5.96. The Balaban J connectivity index is 1.87. The Morgan fingerprint density at radius 2 is 1.80 bits per heavy atom. The minimum absolute atomic E-state index is 0.0874. The first-order valence-electron chi connectivity index (χ1n) is 8.85. The van der Waals surface area contributed by atoms with Crippen LogP contribution in [0.3, 0.4) is 0 Å². The zero-order valence-electron chi connectivity index (χ0n) is 14.6. The van der Waals surface area contributed by atoms with E-state index < -0.39 is 12.0 Å². The molecule has 2 aromatic rings. The fraction of sp³-hybridized carbons (Fsp3) is 0.400. The summed E-state index contributed by atoms with van der Waals surface area (Å²) in [5, 5.41) is 17.2. The summed E-state index contributed by atoms with van der Waals surface area (Å²) in [6.07, 6.45) is 4.18. The molecule has 0 spiro atoms. The topological polar surface area (TPSA) is 78.4 Å². The van der Waals surface area contributed by atoms with E-state index in [1.54, 1.807) is 0 Å². The fourth-order valence-corrected chi connectivity index (χ4v) is 2.74. The average Bonchev–Trinajstić information content (AvgIpc) is 2.60. The summed E-state index contributed by atoms with van der Waals surface area (Å²) in [6, 6.07) is 12.7. The Kier molecular flexibility index (Phi) is 7.41. The van der Waals surface area contributed by atoms with Gasteiger partial charge in [-0.15, -0.1) is 0 Å². The van der Waals surface area contributed by atoms with Crippen LogP contribution < -0.4 is 10.6 Å². The molecule has 0 aliphatic carbocycles. The number of carbonyl (C=O) groups excluding carboxylic acids is 1. The van der Waals surface area contributed by atoms with Gasteiger partial charge in [-0.25, -0.2) is 0 Å². The molecule has 5 heteroatoms. The molecule has 0 fully saturated rings. The predicted molar refractivity (Wildman–Crippen MR) is 101 cm³/mol. The van der Waals surface area contributed by atoms with Crippen LogP contribution in [0.1, 0.15) is 39.0 Å². The summed E-state index contributed by atoms with van der Waals surface area (Å²) >= 11 is 0. The number of carboxylic acid groups (broad SMARTS) is 1. The van der Waals surface area contributed by atoms with E-state index in [4.69, 9.17) is 0 Å². The molecule has 2 rings (SSSR count). The van der Waals surface area contributed by atoms with Gasteiger partial charge in [0.25, 0.3) is 0 Å². The minimum Gasteiger partial charge on any atom is -0.480 e. The first-order chi connectivity index (χ1) is 12.1. The maximum Gasteiger partial charge on any atom is 0.321 e. The largest absolute Gasteiger partial charge is 0.480 e. The second kappa shape index (κ2) is 9.79. The number of amides is 1.